The second kappa shape index (κ2) is 9.13. The summed E-state index contributed by atoms with van der Waals surface area (Å²) < 4.78 is 1.92. The van der Waals surface area contributed by atoms with Crippen molar-refractivity contribution in [2.75, 3.05) is 17.2 Å². The highest BCUT2D eigenvalue weighted by Crippen LogP contribution is 2.49. The van der Waals surface area contributed by atoms with Crippen molar-refractivity contribution in [3.63, 3.8) is 0 Å². The fraction of sp³-hybridized carbons (Fsp3) is 0.444. The second-order valence-electron chi connectivity index (χ2n) is 10.5. The molecule has 1 saturated carbocycles. The number of rotatable bonds is 5. The molecule has 8 heteroatoms. The standard InChI is InChI=1S/C27H32N4O2S2/c1-16-8-6-9-19(17(16)2)31-26-23(25(29-31)27(3,4)5)24(20-10-7-13-34-20)35-15-22(33)30(26)14-21(32)28-18-11-12-18/h6-10,13,18,24H,11-12,14-15H2,1-5H3,(H,28,32). The van der Waals surface area contributed by atoms with Gasteiger partial charge < -0.3 is 5.32 Å². The van der Waals surface area contributed by atoms with Gasteiger partial charge in [0.05, 0.1) is 22.4 Å². The number of aromatic nitrogens is 2. The minimum absolute atomic E-state index is 0.000192. The molecule has 2 amide bonds. The van der Waals surface area contributed by atoms with Gasteiger partial charge in [0, 0.05) is 21.9 Å². The third kappa shape index (κ3) is 4.66. The Morgan fingerprint density at radius 2 is 1.94 bits per heavy atom. The van der Waals surface area contributed by atoms with Crippen LogP contribution in [-0.4, -0.2) is 39.9 Å². The first-order chi connectivity index (χ1) is 16.6. The van der Waals surface area contributed by atoms with Gasteiger partial charge in [-0.25, -0.2) is 4.68 Å². The van der Waals surface area contributed by atoms with Gasteiger partial charge in [-0.2, -0.15) is 5.10 Å². The Kier molecular flexibility index (Phi) is 6.30. The van der Waals surface area contributed by atoms with E-state index in [4.69, 9.17) is 5.10 Å². The number of fused-ring (bicyclic) bond motifs is 1. The molecule has 35 heavy (non-hydrogen) atoms. The zero-order valence-electron chi connectivity index (χ0n) is 20.9. The number of thiophene rings is 1. The molecule has 184 valence electrons. The van der Waals surface area contributed by atoms with Gasteiger partial charge in [0.15, 0.2) is 0 Å². The van der Waals surface area contributed by atoms with Crippen molar-refractivity contribution in [1.29, 1.82) is 0 Å². The van der Waals surface area contributed by atoms with Crippen molar-refractivity contribution in [1.82, 2.24) is 15.1 Å². The zero-order valence-corrected chi connectivity index (χ0v) is 22.6. The van der Waals surface area contributed by atoms with Crippen molar-refractivity contribution in [3.05, 3.63) is 63.0 Å². The molecule has 0 spiro atoms. The maximum atomic E-state index is 13.6. The van der Waals surface area contributed by atoms with Crippen molar-refractivity contribution in [3.8, 4) is 5.69 Å². The Morgan fingerprint density at radius 1 is 1.17 bits per heavy atom. The number of hydrogen-bond acceptors (Lipinski definition) is 5. The lowest BCUT2D eigenvalue weighted by atomic mass is 9.88. The van der Waals surface area contributed by atoms with Crippen LogP contribution in [0.15, 0.2) is 35.7 Å². The number of nitrogens with one attached hydrogen (secondary N) is 1. The van der Waals surface area contributed by atoms with Crippen LogP contribution in [0, 0.1) is 13.8 Å². The molecule has 0 saturated heterocycles. The average Bonchev–Trinajstić information content (AvgIpc) is 3.31. The van der Waals surface area contributed by atoms with Gasteiger partial charge in [0.25, 0.3) is 0 Å². The molecule has 1 N–H and O–H groups in total. The van der Waals surface area contributed by atoms with Crippen LogP contribution in [-0.2, 0) is 15.0 Å². The molecule has 1 aromatic carbocycles. The molecule has 0 bridgehead atoms. The lowest BCUT2D eigenvalue weighted by Gasteiger charge is -2.24. The lowest BCUT2D eigenvalue weighted by Crippen LogP contribution is -2.43. The van der Waals surface area contributed by atoms with Crippen molar-refractivity contribution in [2.45, 2.75) is 64.2 Å². The van der Waals surface area contributed by atoms with Crippen LogP contribution in [0.1, 0.15) is 66.1 Å². The number of aryl methyl sites for hydroxylation is 1. The Morgan fingerprint density at radius 3 is 2.60 bits per heavy atom. The highest BCUT2D eigenvalue weighted by molar-refractivity contribution is 8.00. The summed E-state index contributed by atoms with van der Waals surface area (Å²) in [5.74, 6) is 0.859. The molecule has 2 aromatic heterocycles. The van der Waals surface area contributed by atoms with E-state index in [0.717, 1.165) is 46.7 Å². The van der Waals surface area contributed by atoms with E-state index in [1.54, 1.807) is 28.0 Å². The fourth-order valence-electron chi connectivity index (χ4n) is 4.52. The van der Waals surface area contributed by atoms with Gasteiger partial charge in [-0.3, -0.25) is 14.5 Å². The molecule has 1 fully saturated rings. The first-order valence-electron chi connectivity index (χ1n) is 12.1. The van der Waals surface area contributed by atoms with E-state index < -0.39 is 0 Å². The maximum Gasteiger partial charge on any atom is 0.240 e. The summed E-state index contributed by atoms with van der Waals surface area (Å²) in [7, 11) is 0. The molecule has 3 heterocycles. The largest absolute Gasteiger partial charge is 0.352 e. The molecule has 5 rings (SSSR count). The number of amides is 2. The summed E-state index contributed by atoms with van der Waals surface area (Å²) in [5, 5.41) is 10.3. The number of nitrogens with zero attached hydrogens (tertiary/aromatic N) is 3. The quantitative estimate of drug-likeness (QED) is 0.508. The van der Waals surface area contributed by atoms with E-state index in [0.29, 0.717) is 5.75 Å². The number of carbonyl (C=O) groups is 2. The normalized spacial score (nSPS) is 18.4. The van der Waals surface area contributed by atoms with Crippen LogP contribution in [0.2, 0.25) is 0 Å². The number of thioether (sulfide) groups is 1. The highest BCUT2D eigenvalue weighted by Gasteiger charge is 2.40. The minimum Gasteiger partial charge on any atom is -0.352 e. The molecule has 6 nitrogen and oxygen atoms in total. The molecular formula is C27H32N4O2S2. The number of anilines is 1. The van der Waals surface area contributed by atoms with Gasteiger partial charge in [-0.15, -0.1) is 23.1 Å². The van der Waals surface area contributed by atoms with Crippen LogP contribution >= 0.6 is 23.1 Å². The lowest BCUT2D eigenvalue weighted by molar-refractivity contribution is -0.123. The smallest absolute Gasteiger partial charge is 0.240 e. The van der Waals surface area contributed by atoms with E-state index in [9.17, 15) is 9.59 Å². The highest BCUT2D eigenvalue weighted by atomic mass is 32.2. The van der Waals surface area contributed by atoms with E-state index >= 15 is 0 Å². The van der Waals surface area contributed by atoms with Crippen LogP contribution in [0.4, 0.5) is 5.82 Å². The summed E-state index contributed by atoms with van der Waals surface area (Å²) in [6, 6.07) is 10.6. The van der Waals surface area contributed by atoms with E-state index in [1.165, 1.54) is 4.88 Å². The Labute approximate surface area is 215 Å². The molecule has 2 aliphatic rings. The summed E-state index contributed by atoms with van der Waals surface area (Å²) in [6.45, 7) is 10.7. The van der Waals surface area contributed by atoms with Crippen LogP contribution in [0.25, 0.3) is 5.69 Å². The maximum absolute atomic E-state index is 13.6. The predicted molar refractivity (Wildman–Crippen MR) is 144 cm³/mol. The number of benzene rings is 1. The van der Waals surface area contributed by atoms with Crippen LogP contribution in [0.3, 0.4) is 0 Å². The summed E-state index contributed by atoms with van der Waals surface area (Å²) in [5.41, 5.74) is 4.95. The summed E-state index contributed by atoms with van der Waals surface area (Å²) >= 11 is 3.33. The molecule has 0 radical (unpaired) electrons. The molecule has 1 aliphatic carbocycles. The van der Waals surface area contributed by atoms with Gasteiger partial charge >= 0.3 is 0 Å². The van der Waals surface area contributed by atoms with E-state index in [-0.39, 0.29) is 35.1 Å². The van der Waals surface area contributed by atoms with E-state index in [1.807, 2.05) is 16.8 Å². The number of carbonyl (C=O) groups excluding carboxylic acids is 2. The van der Waals surface area contributed by atoms with Crippen molar-refractivity contribution in [2.24, 2.45) is 0 Å². The first-order valence-corrected chi connectivity index (χ1v) is 14.0. The Balaban J connectivity index is 1.77. The van der Waals surface area contributed by atoms with Gasteiger partial charge in [0.2, 0.25) is 11.8 Å². The SMILES string of the molecule is Cc1cccc(-n2nc(C(C)(C)C)c3c2N(CC(=O)NC2CC2)C(=O)CSC3c2cccs2)c1C. The van der Waals surface area contributed by atoms with Crippen LogP contribution < -0.4 is 10.2 Å². The molecular weight excluding hydrogens is 476 g/mol. The van der Waals surface area contributed by atoms with Gasteiger partial charge in [-0.1, -0.05) is 39.0 Å². The summed E-state index contributed by atoms with van der Waals surface area (Å²) in [4.78, 5) is 29.5. The van der Waals surface area contributed by atoms with Gasteiger partial charge in [-0.05, 0) is 55.3 Å². The van der Waals surface area contributed by atoms with Crippen molar-refractivity contribution < 1.29 is 9.59 Å². The Bertz CT molecular complexity index is 1270. The molecule has 1 unspecified atom stereocenters. The second-order valence-corrected chi connectivity index (χ2v) is 12.6. The zero-order chi connectivity index (χ0) is 24.9. The predicted octanol–water partition coefficient (Wildman–Crippen LogP) is 5.30. The third-order valence-electron chi connectivity index (χ3n) is 6.65. The first kappa shape index (κ1) is 24.1. The summed E-state index contributed by atoms with van der Waals surface area (Å²) in [6.07, 6.45) is 2.02. The minimum atomic E-state index is -0.252. The fourth-order valence-corrected chi connectivity index (χ4v) is 6.69. The molecule has 1 atom stereocenters. The average molecular weight is 509 g/mol. The van der Waals surface area contributed by atoms with Crippen molar-refractivity contribution >= 4 is 40.7 Å². The molecule has 3 aromatic rings. The Hall–Kier alpha value is -2.58. The van der Waals surface area contributed by atoms with Gasteiger partial charge in [0.1, 0.15) is 12.4 Å². The monoisotopic (exact) mass is 508 g/mol. The number of hydrogen-bond donors (Lipinski definition) is 1. The molecule has 1 aliphatic heterocycles. The topological polar surface area (TPSA) is 67.2 Å². The third-order valence-corrected chi connectivity index (χ3v) is 8.97. The van der Waals surface area contributed by atoms with E-state index in [2.05, 4.69) is 63.5 Å². The van der Waals surface area contributed by atoms with Crippen LogP contribution in [0.5, 0.6) is 0 Å².